The molecule has 0 fully saturated rings. The van der Waals surface area contributed by atoms with Gasteiger partial charge in [-0.05, 0) is 44.7 Å². The van der Waals surface area contributed by atoms with E-state index < -0.39 is 17.2 Å². The molecule has 1 rings (SSSR count). The molecule has 0 aliphatic rings. The van der Waals surface area contributed by atoms with E-state index in [1.807, 2.05) is 6.26 Å². The average Bonchev–Trinajstić information content (AvgIpc) is 2.31. The minimum Gasteiger partial charge on any atom is -0.388 e. The summed E-state index contributed by atoms with van der Waals surface area (Å²) < 4.78 is 27.2. The van der Waals surface area contributed by atoms with Crippen molar-refractivity contribution in [3.05, 3.63) is 34.9 Å². The Kier molecular flexibility index (Phi) is 5.77. The van der Waals surface area contributed by atoms with Crippen molar-refractivity contribution in [2.45, 2.75) is 32.4 Å². The molecule has 2 unspecified atom stereocenters. The summed E-state index contributed by atoms with van der Waals surface area (Å²) in [5, 5.41) is 13.1. The van der Waals surface area contributed by atoms with Gasteiger partial charge in [0, 0.05) is 23.9 Å². The van der Waals surface area contributed by atoms with Gasteiger partial charge in [-0.3, -0.25) is 0 Å². The first-order valence-electron chi connectivity index (χ1n) is 6.17. The van der Waals surface area contributed by atoms with Crippen molar-refractivity contribution >= 4 is 11.8 Å². The molecule has 2 nitrogen and oxygen atoms in total. The molecule has 0 saturated heterocycles. The van der Waals surface area contributed by atoms with Gasteiger partial charge in [-0.15, -0.1) is 0 Å². The van der Waals surface area contributed by atoms with E-state index in [1.165, 1.54) is 30.8 Å². The lowest BCUT2D eigenvalue weighted by Gasteiger charge is -2.25. The molecule has 19 heavy (non-hydrogen) atoms. The van der Waals surface area contributed by atoms with E-state index in [0.717, 1.165) is 0 Å². The molecule has 0 radical (unpaired) electrons. The highest BCUT2D eigenvalue weighted by Gasteiger charge is 2.21. The Hall–Kier alpha value is -0.650. The van der Waals surface area contributed by atoms with Gasteiger partial charge in [0.05, 0.1) is 5.60 Å². The Labute approximate surface area is 117 Å². The van der Waals surface area contributed by atoms with Crippen LogP contribution in [0.3, 0.4) is 0 Å². The van der Waals surface area contributed by atoms with E-state index >= 15 is 0 Å². The topological polar surface area (TPSA) is 32.3 Å². The molecule has 0 aliphatic carbocycles. The average molecular weight is 289 g/mol. The van der Waals surface area contributed by atoms with Gasteiger partial charge in [-0.1, -0.05) is 0 Å². The molecule has 2 N–H and O–H groups in total. The van der Waals surface area contributed by atoms with E-state index in [0.29, 0.717) is 17.9 Å². The van der Waals surface area contributed by atoms with Crippen LogP contribution in [0.5, 0.6) is 0 Å². The van der Waals surface area contributed by atoms with Crippen LogP contribution in [0, 0.1) is 18.6 Å². The molecule has 108 valence electrons. The molecule has 0 bridgehead atoms. The summed E-state index contributed by atoms with van der Waals surface area (Å²) in [7, 11) is 0. The SMILES string of the molecule is CSCC(C)(O)CNC(C)c1cc(F)c(C)cc1F. The zero-order valence-corrected chi connectivity index (χ0v) is 12.6. The monoisotopic (exact) mass is 289 g/mol. The summed E-state index contributed by atoms with van der Waals surface area (Å²) in [5.41, 5.74) is -0.293. The van der Waals surface area contributed by atoms with Gasteiger partial charge in [0.2, 0.25) is 0 Å². The van der Waals surface area contributed by atoms with Gasteiger partial charge >= 0.3 is 0 Å². The van der Waals surface area contributed by atoms with Crippen LogP contribution in [0.1, 0.15) is 31.0 Å². The number of aryl methyl sites for hydroxylation is 1. The standard InChI is InChI=1S/C14H21F2NOS/c1-9-5-13(16)11(6-12(9)15)10(2)17-7-14(3,18)8-19-4/h5-6,10,17-18H,7-8H2,1-4H3. The van der Waals surface area contributed by atoms with Crippen molar-refractivity contribution < 1.29 is 13.9 Å². The Morgan fingerprint density at radius 2 is 2.00 bits per heavy atom. The van der Waals surface area contributed by atoms with Crippen LogP contribution in [0.15, 0.2) is 12.1 Å². The predicted molar refractivity (Wildman–Crippen MR) is 76.5 cm³/mol. The lowest BCUT2D eigenvalue weighted by Crippen LogP contribution is -2.41. The van der Waals surface area contributed by atoms with Crippen molar-refractivity contribution in [3.8, 4) is 0 Å². The highest BCUT2D eigenvalue weighted by atomic mass is 32.2. The fourth-order valence-electron chi connectivity index (χ4n) is 1.84. The third-order valence-electron chi connectivity index (χ3n) is 2.99. The molecule has 0 aliphatic heterocycles. The molecular formula is C14H21F2NOS. The molecule has 0 amide bonds. The molecule has 5 heteroatoms. The molecule has 1 aromatic carbocycles. The second kappa shape index (κ2) is 6.68. The number of rotatable bonds is 6. The summed E-state index contributed by atoms with van der Waals surface area (Å²) >= 11 is 1.54. The summed E-state index contributed by atoms with van der Waals surface area (Å²) in [6.45, 7) is 5.32. The number of nitrogens with one attached hydrogen (secondary N) is 1. The minimum absolute atomic E-state index is 0.281. The Morgan fingerprint density at radius 1 is 1.37 bits per heavy atom. The van der Waals surface area contributed by atoms with Crippen LogP contribution < -0.4 is 5.32 Å². The van der Waals surface area contributed by atoms with Crippen LogP contribution in [-0.2, 0) is 0 Å². The smallest absolute Gasteiger partial charge is 0.128 e. The number of benzene rings is 1. The number of thioether (sulfide) groups is 1. The van der Waals surface area contributed by atoms with Crippen LogP contribution in [0.2, 0.25) is 0 Å². The van der Waals surface area contributed by atoms with Gasteiger partial charge in [-0.2, -0.15) is 11.8 Å². The fourth-order valence-corrected chi connectivity index (χ4v) is 2.56. The molecule has 0 aromatic heterocycles. The normalized spacial score (nSPS) is 16.2. The molecule has 2 atom stereocenters. The molecule has 0 spiro atoms. The van der Waals surface area contributed by atoms with Gasteiger partial charge in [0.15, 0.2) is 0 Å². The highest BCUT2D eigenvalue weighted by molar-refractivity contribution is 7.98. The molecular weight excluding hydrogens is 268 g/mol. The van der Waals surface area contributed by atoms with Crippen LogP contribution in [-0.4, -0.2) is 29.3 Å². The van der Waals surface area contributed by atoms with Crippen molar-refractivity contribution in [2.24, 2.45) is 0 Å². The first kappa shape index (κ1) is 16.4. The molecule has 0 heterocycles. The summed E-state index contributed by atoms with van der Waals surface area (Å²) in [6, 6.07) is 2.05. The van der Waals surface area contributed by atoms with Gasteiger partial charge < -0.3 is 10.4 Å². The third kappa shape index (κ3) is 4.75. The highest BCUT2D eigenvalue weighted by Crippen LogP contribution is 2.21. The molecule has 1 aromatic rings. The quantitative estimate of drug-likeness (QED) is 0.844. The lowest BCUT2D eigenvalue weighted by atomic mass is 10.0. The zero-order chi connectivity index (χ0) is 14.6. The van der Waals surface area contributed by atoms with Crippen LogP contribution >= 0.6 is 11.8 Å². The maximum Gasteiger partial charge on any atom is 0.128 e. The largest absolute Gasteiger partial charge is 0.388 e. The van der Waals surface area contributed by atoms with Crippen LogP contribution in [0.4, 0.5) is 8.78 Å². The first-order valence-corrected chi connectivity index (χ1v) is 7.56. The van der Waals surface area contributed by atoms with Crippen molar-refractivity contribution in [1.82, 2.24) is 5.32 Å². The number of aliphatic hydroxyl groups is 1. The summed E-state index contributed by atoms with van der Waals surface area (Å²) in [5.74, 6) is -0.262. The van der Waals surface area contributed by atoms with E-state index in [9.17, 15) is 13.9 Å². The van der Waals surface area contributed by atoms with Crippen molar-refractivity contribution in [1.29, 1.82) is 0 Å². The second-order valence-corrected chi connectivity index (χ2v) is 6.02. The Bertz CT molecular complexity index is 438. The van der Waals surface area contributed by atoms with E-state index in [2.05, 4.69) is 5.32 Å². The second-order valence-electron chi connectivity index (χ2n) is 5.16. The zero-order valence-electron chi connectivity index (χ0n) is 11.8. The van der Waals surface area contributed by atoms with Gasteiger partial charge in [0.25, 0.3) is 0 Å². The van der Waals surface area contributed by atoms with Crippen molar-refractivity contribution in [2.75, 3.05) is 18.6 Å². The Morgan fingerprint density at radius 3 is 2.58 bits per heavy atom. The molecule has 0 saturated carbocycles. The lowest BCUT2D eigenvalue weighted by molar-refractivity contribution is 0.0819. The fraction of sp³-hybridized carbons (Fsp3) is 0.571. The third-order valence-corrected chi connectivity index (χ3v) is 3.90. The van der Waals surface area contributed by atoms with E-state index in [-0.39, 0.29) is 11.6 Å². The van der Waals surface area contributed by atoms with E-state index in [1.54, 1.807) is 13.8 Å². The van der Waals surface area contributed by atoms with Crippen LogP contribution in [0.25, 0.3) is 0 Å². The number of halogens is 2. The Balaban J connectivity index is 2.73. The maximum atomic E-state index is 13.8. The number of hydrogen-bond acceptors (Lipinski definition) is 3. The van der Waals surface area contributed by atoms with Gasteiger partial charge in [0.1, 0.15) is 11.6 Å². The van der Waals surface area contributed by atoms with Crippen molar-refractivity contribution in [3.63, 3.8) is 0 Å². The summed E-state index contributed by atoms with van der Waals surface area (Å²) in [6.07, 6.45) is 1.91. The van der Waals surface area contributed by atoms with Gasteiger partial charge in [-0.25, -0.2) is 8.78 Å². The number of hydrogen-bond donors (Lipinski definition) is 2. The predicted octanol–water partition coefficient (Wildman–Crippen LogP) is 3.04. The summed E-state index contributed by atoms with van der Waals surface area (Å²) in [4.78, 5) is 0. The van der Waals surface area contributed by atoms with E-state index in [4.69, 9.17) is 0 Å². The maximum absolute atomic E-state index is 13.8. The first-order chi connectivity index (χ1) is 8.76. The minimum atomic E-state index is -0.868.